The molecule has 1 unspecified atom stereocenters. The van der Waals surface area contributed by atoms with Gasteiger partial charge in [0, 0.05) is 29.9 Å². The molecule has 8 nitrogen and oxygen atoms in total. The molecule has 1 atom stereocenters. The van der Waals surface area contributed by atoms with Crippen LogP contribution >= 0.6 is 15.9 Å². The highest BCUT2D eigenvalue weighted by Gasteiger charge is 2.35. The van der Waals surface area contributed by atoms with Crippen LogP contribution in [-0.2, 0) is 11.8 Å². The maximum Gasteiger partial charge on any atom is 0.238 e. The first-order valence-corrected chi connectivity index (χ1v) is 9.92. The third-order valence-electron chi connectivity index (χ3n) is 4.71. The summed E-state index contributed by atoms with van der Waals surface area (Å²) in [6, 6.07) is 5.78. The van der Waals surface area contributed by atoms with Crippen LogP contribution < -0.4 is 10.6 Å². The fourth-order valence-electron chi connectivity index (χ4n) is 3.44. The second-order valence-electron chi connectivity index (χ2n) is 7.21. The van der Waals surface area contributed by atoms with E-state index in [2.05, 4.69) is 41.5 Å². The van der Waals surface area contributed by atoms with Crippen molar-refractivity contribution >= 4 is 44.5 Å². The van der Waals surface area contributed by atoms with Gasteiger partial charge < -0.3 is 15.5 Å². The molecule has 0 fully saturated rings. The first kappa shape index (κ1) is 18.8. The smallest absolute Gasteiger partial charge is 0.238 e. The quantitative estimate of drug-likeness (QED) is 0.569. The molecular weight excluding hydrogens is 422 g/mol. The van der Waals surface area contributed by atoms with Crippen molar-refractivity contribution in [1.82, 2.24) is 24.6 Å². The van der Waals surface area contributed by atoms with Crippen molar-refractivity contribution in [2.24, 2.45) is 7.05 Å². The highest BCUT2D eigenvalue weighted by molar-refractivity contribution is 9.10. The summed E-state index contributed by atoms with van der Waals surface area (Å²) in [4.78, 5) is 24.2. The highest BCUT2D eigenvalue weighted by Crippen LogP contribution is 2.40. The van der Waals surface area contributed by atoms with Gasteiger partial charge in [0.2, 0.25) is 11.9 Å². The number of carbonyl (C=O) groups excluding carboxylic acids is 1. The van der Waals surface area contributed by atoms with Gasteiger partial charge >= 0.3 is 0 Å². The maximum absolute atomic E-state index is 12.8. The number of nitrogens with one attached hydrogen (secondary N) is 2. The molecule has 2 N–H and O–H groups in total. The van der Waals surface area contributed by atoms with Crippen molar-refractivity contribution in [2.75, 3.05) is 37.8 Å². The number of hydrogen-bond acceptors (Lipinski definition) is 6. The minimum absolute atomic E-state index is 0.0875. The number of aromatic nitrogens is 4. The zero-order chi connectivity index (χ0) is 19.8. The van der Waals surface area contributed by atoms with Gasteiger partial charge in [-0.25, -0.2) is 4.98 Å². The molecule has 1 aromatic carbocycles. The second-order valence-corrected chi connectivity index (χ2v) is 8.13. The van der Waals surface area contributed by atoms with Gasteiger partial charge in [-0.1, -0.05) is 15.9 Å². The van der Waals surface area contributed by atoms with Crippen LogP contribution in [0, 0.1) is 0 Å². The first-order chi connectivity index (χ1) is 13.4. The molecule has 28 heavy (non-hydrogen) atoms. The monoisotopic (exact) mass is 443 g/mol. The lowest BCUT2D eigenvalue weighted by Crippen LogP contribution is -2.18. The molecular formula is C19H22BrN7O. The SMILES string of the molecule is CN(C)CCCNc1nc(C2C(=O)Nc3ccc(Br)cc32)c2cn(C)nc2n1. The highest BCUT2D eigenvalue weighted by atomic mass is 79.9. The Labute approximate surface area is 171 Å². The first-order valence-electron chi connectivity index (χ1n) is 9.12. The van der Waals surface area contributed by atoms with Crippen LogP contribution in [0.2, 0.25) is 0 Å². The summed E-state index contributed by atoms with van der Waals surface area (Å²) in [5, 5.41) is 11.5. The van der Waals surface area contributed by atoms with Gasteiger partial charge in [-0.3, -0.25) is 9.48 Å². The lowest BCUT2D eigenvalue weighted by molar-refractivity contribution is -0.116. The van der Waals surface area contributed by atoms with Crippen LogP contribution in [0.25, 0.3) is 11.0 Å². The van der Waals surface area contributed by atoms with Crippen molar-refractivity contribution < 1.29 is 4.79 Å². The summed E-state index contributed by atoms with van der Waals surface area (Å²) < 4.78 is 2.62. The molecule has 9 heteroatoms. The van der Waals surface area contributed by atoms with Crippen molar-refractivity contribution in [3.05, 3.63) is 40.1 Å². The standard InChI is InChI=1S/C19H22BrN7O/c1-26(2)8-4-7-21-19-23-16(13-10-27(3)25-17(13)24-19)15-12-9-11(20)5-6-14(12)22-18(15)28/h5-6,9-10,15H,4,7-8H2,1-3H3,(H,22,28)(H,21,24,25). The van der Waals surface area contributed by atoms with E-state index in [4.69, 9.17) is 4.98 Å². The fourth-order valence-corrected chi connectivity index (χ4v) is 3.82. The third kappa shape index (κ3) is 3.59. The summed E-state index contributed by atoms with van der Waals surface area (Å²) in [7, 11) is 5.93. The molecule has 0 radical (unpaired) electrons. The fraction of sp³-hybridized carbons (Fsp3) is 0.368. The predicted molar refractivity (Wildman–Crippen MR) is 113 cm³/mol. The van der Waals surface area contributed by atoms with E-state index in [1.807, 2.05) is 45.5 Å². The topological polar surface area (TPSA) is 88.0 Å². The zero-order valence-corrected chi connectivity index (χ0v) is 17.6. The molecule has 4 rings (SSSR count). The Morgan fingerprint density at radius 1 is 1.32 bits per heavy atom. The number of amides is 1. The number of rotatable bonds is 6. The van der Waals surface area contributed by atoms with Crippen LogP contribution in [-0.4, -0.2) is 57.7 Å². The van der Waals surface area contributed by atoms with E-state index in [9.17, 15) is 4.79 Å². The number of aryl methyl sites for hydroxylation is 1. The van der Waals surface area contributed by atoms with Crippen molar-refractivity contribution in [1.29, 1.82) is 0 Å². The Morgan fingerprint density at radius 3 is 2.93 bits per heavy atom. The van der Waals surface area contributed by atoms with E-state index in [1.165, 1.54) is 0 Å². The molecule has 1 amide bonds. The minimum atomic E-state index is -0.496. The Morgan fingerprint density at radius 2 is 2.14 bits per heavy atom. The second kappa shape index (κ2) is 7.48. The molecule has 0 spiro atoms. The summed E-state index contributed by atoms with van der Waals surface area (Å²) in [5.74, 6) is -0.0868. The Hall–Kier alpha value is -2.52. The molecule has 2 aromatic heterocycles. The number of carbonyl (C=O) groups is 1. The number of benzene rings is 1. The Balaban J connectivity index is 1.74. The molecule has 0 bridgehead atoms. The van der Waals surface area contributed by atoms with Gasteiger partial charge in [-0.05, 0) is 50.8 Å². The summed E-state index contributed by atoms with van der Waals surface area (Å²) in [5.41, 5.74) is 2.97. The average Bonchev–Trinajstić information content (AvgIpc) is 3.16. The maximum atomic E-state index is 12.8. The molecule has 3 aromatic rings. The molecule has 0 saturated carbocycles. The lowest BCUT2D eigenvalue weighted by atomic mass is 9.95. The van der Waals surface area contributed by atoms with Crippen molar-refractivity contribution in [2.45, 2.75) is 12.3 Å². The number of halogens is 1. The third-order valence-corrected chi connectivity index (χ3v) is 5.20. The molecule has 3 heterocycles. The zero-order valence-electron chi connectivity index (χ0n) is 16.0. The van der Waals surface area contributed by atoms with E-state index >= 15 is 0 Å². The van der Waals surface area contributed by atoms with Gasteiger partial charge in [0.1, 0.15) is 5.92 Å². The van der Waals surface area contributed by atoms with Crippen molar-refractivity contribution in [3.8, 4) is 0 Å². The predicted octanol–water partition coefficient (Wildman–Crippen LogP) is 2.57. The van der Waals surface area contributed by atoms with Gasteiger partial charge in [0.25, 0.3) is 0 Å². The number of anilines is 2. The van der Waals surface area contributed by atoms with Gasteiger partial charge in [-0.2, -0.15) is 10.1 Å². The van der Waals surface area contributed by atoms with Crippen molar-refractivity contribution in [3.63, 3.8) is 0 Å². The van der Waals surface area contributed by atoms with Crippen LogP contribution in [0.4, 0.5) is 11.6 Å². The summed E-state index contributed by atoms with van der Waals surface area (Å²) in [6.45, 7) is 1.72. The number of nitrogens with zero attached hydrogens (tertiary/aromatic N) is 5. The number of hydrogen-bond donors (Lipinski definition) is 2. The van der Waals surface area contributed by atoms with Crippen LogP contribution in [0.1, 0.15) is 23.6 Å². The molecule has 146 valence electrons. The minimum Gasteiger partial charge on any atom is -0.354 e. The van der Waals surface area contributed by atoms with E-state index in [0.29, 0.717) is 17.3 Å². The molecule has 0 aliphatic carbocycles. The Kier molecular flexibility index (Phi) is 5.03. The molecule has 0 saturated heterocycles. The van der Waals surface area contributed by atoms with E-state index < -0.39 is 5.92 Å². The van der Waals surface area contributed by atoms with Gasteiger partial charge in [-0.15, -0.1) is 0 Å². The lowest BCUT2D eigenvalue weighted by Gasteiger charge is -2.13. The van der Waals surface area contributed by atoms with Gasteiger partial charge in [0.05, 0.1) is 11.1 Å². The van der Waals surface area contributed by atoms with E-state index in [1.54, 1.807) is 4.68 Å². The Bertz CT molecular complexity index is 1050. The largest absolute Gasteiger partial charge is 0.354 e. The van der Waals surface area contributed by atoms with Crippen LogP contribution in [0.3, 0.4) is 0 Å². The number of fused-ring (bicyclic) bond motifs is 2. The normalized spacial score (nSPS) is 15.9. The molecule has 1 aliphatic heterocycles. The van der Waals surface area contributed by atoms with E-state index in [-0.39, 0.29) is 5.91 Å². The molecule has 1 aliphatic rings. The van der Waals surface area contributed by atoms with Crippen LogP contribution in [0.15, 0.2) is 28.9 Å². The van der Waals surface area contributed by atoms with Gasteiger partial charge in [0.15, 0.2) is 5.65 Å². The van der Waals surface area contributed by atoms with Crippen LogP contribution in [0.5, 0.6) is 0 Å². The average molecular weight is 444 g/mol. The summed E-state index contributed by atoms with van der Waals surface area (Å²) >= 11 is 3.50. The summed E-state index contributed by atoms with van der Waals surface area (Å²) in [6.07, 6.45) is 2.83. The van der Waals surface area contributed by atoms with E-state index in [0.717, 1.165) is 40.6 Å².